The van der Waals surface area contributed by atoms with Crippen molar-refractivity contribution in [3.05, 3.63) is 24.3 Å². The van der Waals surface area contributed by atoms with Crippen molar-refractivity contribution < 1.29 is 57.5 Å². The summed E-state index contributed by atoms with van der Waals surface area (Å²) in [5.74, 6) is -5.28. The molecule has 0 aromatic heterocycles. The van der Waals surface area contributed by atoms with Crippen molar-refractivity contribution in [2.24, 2.45) is 0 Å². The van der Waals surface area contributed by atoms with Crippen molar-refractivity contribution in [1.82, 2.24) is 30.8 Å². The zero-order chi connectivity index (χ0) is 39.3. The number of nitrogens with one attached hydrogen (secondary N) is 3. The van der Waals surface area contributed by atoms with Crippen LogP contribution in [-0.2, 0) is 57.5 Å². The lowest BCUT2D eigenvalue weighted by Crippen LogP contribution is -2.54. The Morgan fingerprint density at radius 1 is 0.736 bits per heavy atom. The van der Waals surface area contributed by atoms with Gasteiger partial charge in [0.15, 0.2) is 0 Å². The smallest absolute Gasteiger partial charge is 0.333 e. The maximum Gasteiger partial charge on any atom is 0.333 e. The van der Waals surface area contributed by atoms with Gasteiger partial charge in [0.05, 0.1) is 12.0 Å². The first kappa shape index (κ1) is 42.2. The van der Waals surface area contributed by atoms with Gasteiger partial charge in [-0.15, -0.1) is 5.06 Å². The van der Waals surface area contributed by atoms with Crippen LogP contribution in [0.4, 0.5) is 0 Å². The SMILES string of the molecule is CC(C)(CCOC(C)(C)CCC(=O)ON1C(=O)CCC1=O)NC(=O)C(CCCCNC(=O)CCN1C(=O)C=CC1=O)NC(=O)CCN1C(=O)C=CC1=O. The number of imide groups is 3. The molecule has 290 valence electrons. The summed E-state index contributed by atoms with van der Waals surface area (Å²) in [6.07, 6.45) is 5.73. The van der Waals surface area contributed by atoms with Crippen LogP contribution in [0.15, 0.2) is 24.3 Å². The number of nitrogens with zero attached hydrogens (tertiary/aromatic N) is 3. The fourth-order valence-electron chi connectivity index (χ4n) is 5.40. The molecular weight excluding hydrogens is 696 g/mol. The molecule has 3 aliphatic rings. The van der Waals surface area contributed by atoms with Gasteiger partial charge in [0.1, 0.15) is 6.04 Å². The van der Waals surface area contributed by atoms with E-state index in [1.165, 1.54) is 0 Å². The third-order valence-corrected chi connectivity index (χ3v) is 8.63. The first-order valence-electron chi connectivity index (χ1n) is 17.5. The predicted octanol–water partition coefficient (Wildman–Crippen LogP) is -0.145. The average Bonchev–Trinajstić information content (AvgIpc) is 3.70. The summed E-state index contributed by atoms with van der Waals surface area (Å²) in [6.45, 7) is 7.29. The summed E-state index contributed by atoms with van der Waals surface area (Å²) < 4.78 is 5.99. The van der Waals surface area contributed by atoms with Crippen LogP contribution in [0.5, 0.6) is 0 Å². The van der Waals surface area contributed by atoms with Crippen molar-refractivity contribution >= 4 is 59.1 Å². The van der Waals surface area contributed by atoms with E-state index in [1.54, 1.807) is 27.7 Å². The van der Waals surface area contributed by atoms with E-state index in [4.69, 9.17) is 9.57 Å². The predicted molar refractivity (Wildman–Crippen MR) is 183 cm³/mol. The summed E-state index contributed by atoms with van der Waals surface area (Å²) in [4.78, 5) is 128. The fourth-order valence-corrected chi connectivity index (χ4v) is 5.40. The largest absolute Gasteiger partial charge is 0.375 e. The third-order valence-electron chi connectivity index (χ3n) is 8.63. The molecule has 0 spiro atoms. The standard InChI is InChI=1S/C35H48N6O12/c1-34(2,18-22-52-35(3,4)17-14-32(50)53-41-30(48)12-13-31(41)49)38-33(51)23(37-25(43)16-21-40-28(46)10-11-29(40)47)7-5-6-19-36-24(42)15-20-39-26(44)8-9-27(39)45/h8-11,23H,5-7,12-22H2,1-4H3,(H,36,42)(H,37,43)(H,38,51). The molecule has 3 aliphatic heterocycles. The Kier molecular flexibility index (Phi) is 15.1. The van der Waals surface area contributed by atoms with E-state index >= 15 is 0 Å². The molecule has 1 saturated heterocycles. The molecular formula is C35H48N6O12. The highest BCUT2D eigenvalue weighted by molar-refractivity contribution is 6.13. The van der Waals surface area contributed by atoms with Crippen molar-refractivity contribution in [3.8, 4) is 0 Å². The Hall–Kier alpha value is -5.26. The van der Waals surface area contributed by atoms with Gasteiger partial charge >= 0.3 is 5.97 Å². The highest BCUT2D eigenvalue weighted by Gasteiger charge is 2.34. The van der Waals surface area contributed by atoms with Gasteiger partial charge in [0, 0.05) is 81.8 Å². The lowest BCUT2D eigenvalue weighted by atomic mass is 9.98. The molecule has 9 amide bonds. The second-order valence-corrected chi connectivity index (χ2v) is 14.1. The maximum absolute atomic E-state index is 13.5. The van der Waals surface area contributed by atoms with E-state index in [9.17, 15) is 47.9 Å². The van der Waals surface area contributed by atoms with Gasteiger partial charge in [0.25, 0.3) is 35.4 Å². The van der Waals surface area contributed by atoms with Crippen LogP contribution in [0.1, 0.15) is 91.9 Å². The van der Waals surface area contributed by atoms with Crippen LogP contribution in [0.3, 0.4) is 0 Å². The Balaban J connectivity index is 1.46. The van der Waals surface area contributed by atoms with Crippen molar-refractivity contribution in [1.29, 1.82) is 0 Å². The van der Waals surface area contributed by atoms with Crippen LogP contribution in [0.2, 0.25) is 0 Å². The van der Waals surface area contributed by atoms with Gasteiger partial charge in [-0.3, -0.25) is 53.0 Å². The zero-order valence-electron chi connectivity index (χ0n) is 30.5. The van der Waals surface area contributed by atoms with E-state index in [0.717, 1.165) is 34.1 Å². The second kappa shape index (κ2) is 19.0. The molecule has 0 aliphatic carbocycles. The molecule has 3 heterocycles. The number of hydroxylamine groups is 2. The number of ether oxygens (including phenoxy) is 1. The molecule has 1 unspecified atom stereocenters. The van der Waals surface area contributed by atoms with Gasteiger partial charge < -0.3 is 25.5 Å². The number of hydrogen-bond donors (Lipinski definition) is 3. The van der Waals surface area contributed by atoms with Crippen LogP contribution in [-0.4, -0.2) is 117 Å². The minimum Gasteiger partial charge on any atom is -0.375 e. The van der Waals surface area contributed by atoms with Gasteiger partial charge in [-0.05, 0) is 59.8 Å². The summed E-state index contributed by atoms with van der Waals surface area (Å²) in [5.41, 5.74) is -1.61. The second-order valence-electron chi connectivity index (χ2n) is 14.1. The Labute approximate surface area is 306 Å². The zero-order valence-corrected chi connectivity index (χ0v) is 30.5. The number of carbonyl (C=O) groups excluding carboxylic acids is 10. The van der Waals surface area contributed by atoms with Crippen LogP contribution < -0.4 is 16.0 Å². The summed E-state index contributed by atoms with van der Waals surface area (Å²) in [5, 5.41) is 8.82. The number of amides is 9. The fraction of sp³-hybridized carbons (Fsp3) is 0.600. The lowest BCUT2D eigenvalue weighted by molar-refractivity contribution is -0.198. The minimum absolute atomic E-state index is 0.00448. The van der Waals surface area contributed by atoms with Gasteiger partial charge in [-0.1, -0.05) is 0 Å². The number of unbranched alkanes of at least 4 members (excludes halogenated alkanes) is 1. The molecule has 1 fully saturated rings. The topological polar surface area (TPSA) is 235 Å². The third kappa shape index (κ3) is 13.7. The average molecular weight is 745 g/mol. The molecule has 3 rings (SSSR count). The molecule has 0 saturated carbocycles. The first-order valence-corrected chi connectivity index (χ1v) is 17.5. The molecule has 18 nitrogen and oxygen atoms in total. The van der Waals surface area contributed by atoms with Crippen LogP contribution in [0.25, 0.3) is 0 Å². The first-order chi connectivity index (χ1) is 24.9. The lowest BCUT2D eigenvalue weighted by Gasteiger charge is -2.31. The molecule has 0 aromatic rings. The molecule has 0 bridgehead atoms. The van der Waals surface area contributed by atoms with Crippen LogP contribution in [0, 0.1) is 0 Å². The number of hydrogen-bond acceptors (Lipinski definition) is 12. The molecule has 1 atom stereocenters. The summed E-state index contributed by atoms with van der Waals surface area (Å²) in [6, 6.07) is -0.988. The van der Waals surface area contributed by atoms with E-state index in [1.807, 2.05) is 0 Å². The van der Waals surface area contributed by atoms with Gasteiger partial charge in [0.2, 0.25) is 17.7 Å². The summed E-state index contributed by atoms with van der Waals surface area (Å²) in [7, 11) is 0. The Bertz CT molecular complexity index is 1500. The van der Waals surface area contributed by atoms with Crippen molar-refractivity contribution in [2.45, 2.75) is 109 Å². The van der Waals surface area contributed by atoms with Crippen molar-refractivity contribution in [2.75, 3.05) is 26.2 Å². The Morgan fingerprint density at radius 2 is 1.26 bits per heavy atom. The molecule has 3 N–H and O–H groups in total. The van der Waals surface area contributed by atoms with E-state index in [2.05, 4.69) is 16.0 Å². The molecule has 0 aromatic carbocycles. The minimum atomic E-state index is -0.988. The quantitative estimate of drug-likeness (QED) is 0.0971. The Morgan fingerprint density at radius 3 is 1.81 bits per heavy atom. The van der Waals surface area contributed by atoms with Gasteiger partial charge in [-0.25, -0.2) is 4.79 Å². The number of carbonyl (C=O) groups is 10. The van der Waals surface area contributed by atoms with E-state index in [0.29, 0.717) is 24.3 Å². The van der Waals surface area contributed by atoms with E-state index in [-0.39, 0.29) is 77.1 Å². The van der Waals surface area contributed by atoms with Gasteiger partial charge in [-0.2, -0.15) is 0 Å². The number of rotatable bonds is 22. The van der Waals surface area contributed by atoms with Crippen molar-refractivity contribution in [3.63, 3.8) is 0 Å². The normalized spacial score (nSPS) is 16.6. The molecule has 18 heteroatoms. The molecule has 53 heavy (non-hydrogen) atoms. The highest BCUT2D eigenvalue weighted by atomic mass is 16.7. The monoisotopic (exact) mass is 744 g/mol. The summed E-state index contributed by atoms with van der Waals surface area (Å²) >= 11 is 0. The highest BCUT2D eigenvalue weighted by Crippen LogP contribution is 2.21. The maximum atomic E-state index is 13.5. The van der Waals surface area contributed by atoms with Crippen LogP contribution >= 0.6 is 0 Å². The van der Waals surface area contributed by atoms with E-state index < -0.39 is 70.4 Å². The molecule has 0 radical (unpaired) electrons.